The van der Waals surface area contributed by atoms with E-state index >= 15 is 0 Å². The fourth-order valence-electron chi connectivity index (χ4n) is 0.805. The summed E-state index contributed by atoms with van der Waals surface area (Å²) in [6.07, 6.45) is 0. The fraction of sp³-hybridized carbons (Fsp3) is 0.125. The van der Waals surface area contributed by atoms with Gasteiger partial charge in [-0.2, -0.15) is 14.0 Å². The monoisotopic (exact) mass is 265 g/mol. The van der Waals surface area contributed by atoms with E-state index < -0.39 is 18.2 Å². The second-order valence-corrected chi connectivity index (χ2v) is 3.02. The molecule has 14 heavy (non-hydrogen) atoms. The number of halogens is 4. The van der Waals surface area contributed by atoms with Gasteiger partial charge in [0.1, 0.15) is 6.07 Å². The largest absolute Gasteiger partial charge is 0.432 e. The molecule has 0 saturated carbocycles. The van der Waals surface area contributed by atoms with E-state index in [2.05, 4.69) is 20.7 Å². The highest BCUT2D eigenvalue weighted by molar-refractivity contribution is 9.10. The van der Waals surface area contributed by atoms with Gasteiger partial charge < -0.3 is 4.74 Å². The predicted octanol–water partition coefficient (Wildman–Crippen LogP) is 3.06. The third-order valence-electron chi connectivity index (χ3n) is 1.38. The van der Waals surface area contributed by atoms with Crippen LogP contribution >= 0.6 is 15.9 Å². The zero-order chi connectivity index (χ0) is 10.7. The molecule has 0 bridgehead atoms. The number of hydrogen-bond acceptors (Lipinski definition) is 2. The second-order valence-electron chi connectivity index (χ2n) is 2.23. The molecule has 0 heterocycles. The molecule has 1 rings (SSSR count). The van der Waals surface area contributed by atoms with Gasteiger partial charge in [0.15, 0.2) is 11.6 Å². The Morgan fingerprint density at radius 3 is 2.57 bits per heavy atom. The van der Waals surface area contributed by atoms with E-state index in [0.717, 1.165) is 6.07 Å². The van der Waals surface area contributed by atoms with E-state index in [-0.39, 0.29) is 10.0 Å². The molecule has 0 atom stereocenters. The van der Waals surface area contributed by atoms with E-state index in [1.54, 1.807) is 6.07 Å². The van der Waals surface area contributed by atoms with Crippen molar-refractivity contribution in [2.75, 3.05) is 0 Å². The summed E-state index contributed by atoms with van der Waals surface area (Å²) in [5, 5.41) is 8.48. The lowest BCUT2D eigenvalue weighted by molar-refractivity contribution is -0.0522. The smallest absolute Gasteiger partial charge is 0.387 e. The van der Waals surface area contributed by atoms with Crippen molar-refractivity contribution in [3.63, 3.8) is 0 Å². The Balaban J connectivity index is 3.12. The first-order valence-electron chi connectivity index (χ1n) is 3.39. The number of alkyl halides is 2. The van der Waals surface area contributed by atoms with Crippen LogP contribution in [0.3, 0.4) is 0 Å². The highest BCUT2D eigenvalue weighted by atomic mass is 79.9. The Morgan fingerprint density at radius 1 is 1.43 bits per heavy atom. The van der Waals surface area contributed by atoms with Crippen molar-refractivity contribution in [1.29, 1.82) is 5.26 Å². The highest BCUT2D eigenvalue weighted by Gasteiger charge is 2.15. The molecule has 0 aliphatic rings. The first-order chi connectivity index (χ1) is 6.56. The van der Waals surface area contributed by atoms with E-state index in [0.29, 0.717) is 0 Å². The van der Waals surface area contributed by atoms with Gasteiger partial charge in [0.2, 0.25) is 0 Å². The van der Waals surface area contributed by atoms with Crippen LogP contribution in [0.1, 0.15) is 5.56 Å². The van der Waals surface area contributed by atoms with Crippen LogP contribution in [-0.4, -0.2) is 6.61 Å². The topological polar surface area (TPSA) is 33.0 Å². The fourth-order valence-corrected chi connectivity index (χ4v) is 1.22. The van der Waals surface area contributed by atoms with Crippen LogP contribution < -0.4 is 4.74 Å². The summed E-state index contributed by atoms with van der Waals surface area (Å²) in [5.74, 6) is -1.60. The van der Waals surface area contributed by atoms with Crippen LogP contribution in [0.4, 0.5) is 13.2 Å². The van der Waals surface area contributed by atoms with Crippen molar-refractivity contribution >= 4 is 15.9 Å². The molecule has 0 aromatic heterocycles. The van der Waals surface area contributed by atoms with Gasteiger partial charge in [0, 0.05) is 0 Å². The Hall–Kier alpha value is -1.22. The maximum atomic E-state index is 13.2. The number of benzene rings is 1. The molecule has 0 saturated heterocycles. The van der Waals surface area contributed by atoms with Crippen molar-refractivity contribution in [2.24, 2.45) is 0 Å². The van der Waals surface area contributed by atoms with Gasteiger partial charge in [-0.1, -0.05) is 0 Å². The minimum Gasteiger partial charge on any atom is -0.432 e. The molecule has 0 unspecified atom stereocenters. The second kappa shape index (κ2) is 4.33. The minimum atomic E-state index is -3.09. The third-order valence-corrected chi connectivity index (χ3v) is 2.16. The summed E-state index contributed by atoms with van der Waals surface area (Å²) in [6, 6.07) is 3.85. The molecule has 0 amide bonds. The van der Waals surface area contributed by atoms with Gasteiger partial charge in [-0.15, -0.1) is 0 Å². The van der Waals surface area contributed by atoms with E-state index in [1.165, 1.54) is 6.07 Å². The average molecular weight is 266 g/mol. The quantitative estimate of drug-likeness (QED) is 0.824. The van der Waals surface area contributed by atoms with Crippen molar-refractivity contribution < 1.29 is 17.9 Å². The van der Waals surface area contributed by atoms with Crippen molar-refractivity contribution in [2.45, 2.75) is 6.61 Å². The number of rotatable bonds is 2. The maximum Gasteiger partial charge on any atom is 0.387 e. The third kappa shape index (κ3) is 2.17. The van der Waals surface area contributed by atoms with Gasteiger partial charge in [-0.05, 0) is 28.1 Å². The van der Waals surface area contributed by atoms with Crippen LogP contribution in [0.2, 0.25) is 0 Å². The average Bonchev–Trinajstić information content (AvgIpc) is 2.13. The molecule has 0 aliphatic carbocycles. The van der Waals surface area contributed by atoms with E-state index in [1.807, 2.05) is 0 Å². The molecule has 0 spiro atoms. The molecule has 0 radical (unpaired) electrons. The van der Waals surface area contributed by atoms with Crippen molar-refractivity contribution in [3.05, 3.63) is 28.0 Å². The molecule has 74 valence electrons. The first kappa shape index (κ1) is 10.9. The Morgan fingerprint density at radius 2 is 2.07 bits per heavy atom. The minimum absolute atomic E-state index is 0.0177. The standard InChI is InChI=1S/C8H3BrF3NO/c9-6-4(3-13)1-2-5(7(6)10)14-8(11)12/h1-2,8H. The maximum absolute atomic E-state index is 13.2. The molecule has 6 heteroatoms. The van der Waals surface area contributed by atoms with E-state index in [4.69, 9.17) is 5.26 Å². The lowest BCUT2D eigenvalue weighted by Crippen LogP contribution is -2.04. The summed E-state index contributed by atoms with van der Waals surface area (Å²) in [5.41, 5.74) is 0.0177. The molecule has 0 aliphatic heterocycles. The van der Waals surface area contributed by atoms with Crippen LogP contribution in [-0.2, 0) is 0 Å². The van der Waals surface area contributed by atoms with E-state index in [9.17, 15) is 13.2 Å². The van der Waals surface area contributed by atoms with Crippen molar-refractivity contribution in [3.8, 4) is 11.8 Å². The molecule has 1 aromatic rings. The predicted molar refractivity (Wildman–Crippen MR) is 45.4 cm³/mol. The Labute approximate surface area is 86.0 Å². The molecule has 0 fully saturated rings. The Kier molecular flexibility index (Phi) is 3.36. The summed E-state index contributed by atoms with van der Waals surface area (Å²) in [4.78, 5) is 0. The van der Waals surface area contributed by atoms with Gasteiger partial charge in [-0.3, -0.25) is 0 Å². The highest BCUT2D eigenvalue weighted by Crippen LogP contribution is 2.28. The number of nitriles is 1. The summed E-state index contributed by atoms with van der Waals surface area (Å²) in [6.45, 7) is -3.09. The number of nitrogens with zero attached hydrogens (tertiary/aromatic N) is 1. The summed E-state index contributed by atoms with van der Waals surface area (Å²) < 4.78 is 40.3. The number of hydrogen-bond donors (Lipinski definition) is 0. The molecule has 2 nitrogen and oxygen atoms in total. The first-order valence-corrected chi connectivity index (χ1v) is 4.18. The van der Waals surface area contributed by atoms with Crippen LogP contribution in [0, 0.1) is 17.1 Å². The summed E-state index contributed by atoms with van der Waals surface area (Å²) in [7, 11) is 0. The van der Waals surface area contributed by atoms with Gasteiger partial charge in [0.25, 0.3) is 0 Å². The lowest BCUT2D eigenvalue weighted by atomic mass is 10.2. The number of ether oxygens (including phenoxy) is 1. The molecular weight excluding hydrogens is 263 g/mol. The van der Waals surface area contributed by atoms with Gasteiger partial charge >= 0.3 is 6.61 Å². The SMILES string of the molecule is N#Cc1ccc(OC(F)F)c(F)c1Br. The lowest BCUT2D eigenvalue weighted by Gasteiger charge is -2.06. The molecule has 1 aromatic carbocycles. The van der Waals surface area contributed by atoms with Crippen LogP contribution in [0.15, 0.2) is 16.6 Å². The normalized spacial score (nSPS) is 10.0. The van der Waals surface area contributed by atoms with Crippen LogP contribution in [0.25, 0.3) is 0 Å². The van der Waals surface area contributed by atoms with Gasteiger partial charge in [0.05, 0.1) is 10.0 Å². The Bertz CT molecular complexity index is 389. The summed E-state index contributed by atoms with van der Waals surface area (Å²) >= 11 is 2.76. The zero-order valence-electron chi connectivity index (χ0n) is 6.60. The van der Waals surface area contributed by atoms with Gasteiger partial charge in [-0.25, -0.2) is 4.39 Å². The molecule has 0 N–H and O–H groups in total. The zero-order valence-corrected chi connectivity index (χ0v) is 8.19. The van der Waals surface area contributed by atoms with Crippen LogP contribution in [0.5, 0.6) is 5.75 Å². The van der Waals surface area contributed by atoms with Crippen molar-refractivity contribution in [1.82, 2.24) is 0 Å². The molecular formula is C8H3BrF3NO.